The lowest BCUT2D eigenvalue weighted by Crippen LogP contribution is -2.60. The molecule has 0 bridgehead atoms. The predicted octanol–water partition coefficient (Wildman–Crippen LogP) is 1.43. The highest BCUT2D eigenvalue weighted by Crippen LogP contribution is 2.34. The van der Waals surface area contributed by atoms with Crippen LogP contribution >= 0.6 is 11.6 Å². The molecule has 13 nitrogen and oxygen atoms in total. The third kappa shape index (κ3) is 7.48. The first kappa shape index (κ1) is 32.4. The van der Waals surface area contributed by atoms with Crippen molar-refractivity contribution in [2.45, 2.75) is 36.7 Å². The third-order valence-electron chi connectivity index (χ3n) is 7.67. The average molecular weight is 642 g/mol. The van der Waals surface area contributed by atoms with Gasteiger partial charge in [0.1, 0.15) is 42.0 Å². The second-order valence-electron chi connectivity index (χ2n) is 10.7. The first-order valence-corrected chi connectivity index (χ1v) is 14.7. The number of hydrogen-bond donors (Lipinski definition) is 8. The molecule has 0 radical (unpaired) electrons. The summed E-state index contributed by atoms with van der Waals surface area (Å²) in [5.74, 6) is -0.582. The maximum atomic E-state index is 14.0. The number of morpholine rings is 1. The number of carbonyl (C=O) groups excluding carboxylic acids is 1. The number of nitrogens with zero attached hydrogens (tertiary/aromatic N) is 1. The normalized spacial score (nSPS) is 24.0. The number of hydrogen-bond acceptors (Lipinski definition) is 11. The number of nitrogens with one attached hydrogen (secondary N) is 3. The summed E-state index contributed by atoms with van der Waals surface area (Å²) in [6.07, 6.45) is -7.55. The van der Waals surface area contributed by atoms with Crippen LogP contribution in [-0.2, 0) is 14.3 Å². The molecule has 1 amide bonds. The SMILES string of the molecule is N=C(N)c1ccc(Cl)c(NC(C(=O)Nc2ccc(N3CCOCC3)cc2)c2ccccc2OC2OC(CO)C(O)C(O)C2O)c1. The molecule has 2 aliphatic rings. The Kier molecular flexibility index (Phi) is 10.4. The Labute approximate surface area is 264 Å². The van der Waals surface area contributed by atoms with Crippen molar-refractivity contribution >= 4 is 40.4 Å². The summed E-state index contributed by atoms with van der Waals surface area (Å²) in [7, 11) is 0. The zero-order valence-corrected chi connectivity index (χ0v) is 24.9. The van der Waals surface area contributed by atoms with Gasteiger partial charge in [-0.15, -0.1) is 0 Å². The van der Waals surface area contributed by atoms with Crippen LogP contribution in [0.4, 0.5) is 17.1 Å². The van der Waals surface area contributed by atoms with Crippen LogP contribution in [0, 0.1) is 5.41 Å². The minimum Gasteiger partial charge on any atom is -0.462 e. The molecule has 5 rings (SSSR count). The topological polar surface area (TPSA) is 203 Å². The molecule has 2 fully saturated rings. The van der Waals surface area contributed by atoms with Gasteiger partial charge < -0.3 is 55.9 Å². The number of halogens is 1. The van der Waals surface area contributed by atoms with E-state index in [4.69, 9.17) is 37.0 Å². The van der Waals surface area contributed by atoms with Crippen LogP contribution in [0.15, 0.2) is 66.7 Å². The number of para-hydroxylation sites is 1. The van der Waals surface area contributed by atoms with E-state index in [0.717, 1.165) is 18.8 Å². The monoisotopic (exact) mass is 641 g/mol. The number of aliphatic hydroxyl groups is 4. The van der Waals surface area contributed by atoms with Crippen LogP contribution in [0.25, 0.3) is 0 Å². The van der Waals surface area contributed by atoms with Gasteiger partial charge >= 0.3 is 0 Å². The lowest BCUT2D eigenvalue weighted by molar-refractivity contribution is -0.277. The molecule has 9 N–H and O–H groups in total. The van der Waals surface area contributed by atoms with Crippen LogP contribution in [0.1, 0.15) is 17.2 Å². The van der Waals surface area contributed by atoms with Gasteiger partial charge in [-0.1, -0.05) is 29.8 Å². The van der Waals surface area contributed by atoms with Crippen molar-refractivity contribution < 1.29 is 39.4 Å². The molecule has 3 aromatic carbocycles. The Morgan fingerprint density at radius 1 is 1.04 bits per heavy atom. The maximum absolute atomic E-state index is 14.0. The number of nitrogens with two attached hydrogens (primary N) is 1. The van der Waals surface area contributed by atoms with E-state index in [1.165, 1.54) is 0 Å². The quantitative estimate of drug-likeness (QED) is 0.117. The number of anilines is 3. The number of nitrogen functional groups attached to an aromatic ring is 1. The molecule has 6 atom stereocenters. The fourth-order valence-electron chi connectivity index (χ4n) is 5.15. The first-order chi connectivity index (χ1) is 21.7. The molecule has 0 aromatic heterocycles. The lowest BCUT2D eigenvalue weighted by atomic mass is 9.99. The minimum absolute atomic E-state index is 0.107. The van der Waals surface area contributed by atoms with Gasteiger partial charge in [-0.25, -0.2) is 0 Å². The molecule has 45 heavy (non-hydrogen) atoms. The minimum atomic E-state index is -1.66. The van der Waals surface area contributed by atoms with Gasteiger partial charge in [0.25, 0.3) is 5.91 Å². The molecule has 0 spiro atoms. The first-order valence-electron chi connectivity index (χ1n) is 14.4. The zero-order valence-electron chi connectivity index (χ0n) is 24.2. The largest absolute Gasteiger partial charge is 0.462 e. The Bertz CT molecular complexity index is 1490. The Morgan fingerprint density at radius 3 is 2.44 bits per heavy atom. The van der Waals surface area contributed by atoms with Gasteiger partial charge in [-0.05, 0) is 48.5 Å². The maximum Gasteiger partial charge on any atom is 0.251 e. The summed E-state index contributed by atoms with van der Waals surface area (Å²) in [4.78, 5) is 16.2. The highest BCUT2D eigenvalue weighted by Gasteiger charge is 2.45. The summed E-state index contributed by atoms with van der Waals surface area (Å²) < 4.78 is 16.9. The number of amides is 1. The summed E-state index contributed by atoms with van der Waals surface area (Å²) in [6, 6.07) is 17.4. The molecular weight excluding hydrogens is 606 g/mol. The van der Waals surface area contributed by atoms with Gasteiger partial charge in [-0.3, -0.25) is 10.2 Å². The van der Waals surface area contributed by atoms with Crippen LogP contribution in [0.5, 0.6) is 5.75 Å². The van der Waals surface area contributed by atoms with Crippen molar-refractivity contribution in [2.24, 2.45) is 5.73 Å². The van der Waals surface area contributed by atoms with E-state index in [2.05, 4.69) is 15.5 Å². The molecule has 0 saturated carbocycles. The summed E-state index contributed by atoms with van der Waals surface area (Å²) in [5, 5.41) is 54.8. The highest BCUT2D eigenvalue weighted by atomic mass is 35.5. The van der Waals surface area contributed by atoms with Gasteiger partial charge in [0.05, 0.1) is 30.5 Å². The number of benzene rings is 3. The highest BCUT2D eigenvalue weighted by molar-refractivity contribution is 6.33. The van der Waals surface area contributed by atoms with E-state index in [1.807, 2.05) is 12.1 Å². The Balaban J connectivity index is 1.45. The predicted molar refractivity (Wildman–Crippen MR) is 168 cm³/mol. The molecule has 240 valence electrons. The van der Waals surface area contributed by atoms with Crippen LogP contribution in [0.2, 0.25) is 5.02 Å². The Morgan fingerprint density at radius 2 is 1.76 bits per heavy atom. The Hall–Kier alpha value is -3.95. The molecule has 2 saturated heterocycles. The summed E-state index contributed by atoms with van der Waals surface area (Å²) in [6.45, 7) is 2.19. The number of rotatable bonds is 10. The number of ether oxygens (including phenoxy) is 3. The molecule has 2 aliphatic heterocycles. The third-order valence-corrected chi connectivity index (χ3v) is 8.00. The van der Waals surface area contributed by atoms with Crippen molar-refractivity contribution in [3.05, 3.63) is 82.9 Å². The molecule has 3 aromatic rings. The smallest absolute Gasteiger partial charge is 0.251 e. The number of amidine groups is 1. The molecule has 6 unspecified atom stereocenters. The van der Waals surface area contributed by atoms with Crippen molar-refractivity contribution in [1.29, 1.82) is 5.41 Å². The van der Waals surface area contributed by atoms with Crippen molar-refractivity contribution in [3.63, 3.8) is 0 Å². The number of carbonyl (C=O) groups is 1. The van der Waals surface area contributed by atoms with Crippen LogP contribution < -0.4 is 26.0 Å². The van der Waals surface area contributed by atoms with Crippen LogP contribution in [-0.4, -0.2) is 95.8 Å². The van der Waals surface area contributed by atoms with Gasteiger partial charge in [0, 0.05) is 35.6 Å². The van der Waals surface area contributed by atoms with Gasteiger partial charge in [0.15, 0.2) is 0 Å². The molecule has 14 heteroatoms. The van der Waals surface area contributed by atoms with Crippen molar-refractivity contribution in [3.8, 4) is 5.75 Å². The fraction of sp³-hybridized carbons (Fsp3) is 0.355. The lowest BCUT2D eigenvalue weighted by Gasteiger charge is -2.40. The standard InChI is InChI=1S/C31H36ClN5O8/c32-21-10-5-17(29(33)34)15-22(21)36-25(30(42)35-18-6-8-19(9-7-18)37-11-13-43-14-12-37)20-3-1-2-4-23(20)44-31-28(41)27(40)26(39)24(16-38)45-31/h1-10,15,24-28,31,36,38-41H,11-14,16H2,(H3,33,34)(H,35,42). The fourth-order valence-corrected chi connectivity index (χ4v) is 5.32. The average Bonchev–Trinajstić information content (AvgIpc) is 3.05. The van der Waals surface area contributed by atoms with E-state index in [9.17, 15) is 25.2 Å². The zero-order chi connectivity index (χ0) is 32.1. The van der Waals surface area contributed by atoms with Crippen molar-refractivity contribution in [1.82, 2.24) is 0 Å². The molecule has 2 heterocycles. The van der Waals surface area contributed by atoms with E-state index < -0.39 is 49.3 Å². The molecule has 0 aliphatic carbocycles. The second-order valence-corrected chi connectivity index (χ2v) is 11.1. The van der Waals surface area contributed by atoms with E-state index in [0.29, 0.717) is 35.7 Å². The van der Waals surface area contributed by atoms with Crippen molar-refractivity contribution in [2.75, 3.05) is 48.4 Å². The van der Waals surface area contributed by atoms with Gasteiger partial charge in [0.2, 0.25) is 6.29 Å². The number of aliphatic hydroxyl groups excluding tert-OH is 4. The van der Waals surface area contributed by atoms with E-state index in [-0.39, 0.29) is 16.6 Å². The summed E-state index contributed by atoms with van der Waals surface area (Å²) in [5.41, 5.74) is 8.22. The van der Waals surface area contributed by atoms with Crippen LogP contribution in [0.3, 0.4) is 0 Å². The van der Waals surface area contributed by atoms with E-state index >= 15 is 0 Å². The van der Waals surface area contributed by atoms with Gasteiger partial charge in [-0.2, -0.15) is 0 Å². The second kappa shape index (κ2) is 14.4. The van der Waals surface area contributed by atoms with E-state index in [1.54, 1.807) is 54.6 Å². The molecular formula is C31H36ClN5O8. The summed E-state index contributed by atoms with van der Waals surface area (Å²) >= 11 is 6.49.